The lowest BCUT2D eigenvalue weighted by atomic mass is 10.2. The average Bonchev–Trinajstić information content (AvgIpc) is 3.05. The molecule has 0 saturated carbocycles. The second-order valence-electron chi connectivity index (χ2n) is 5.25. The van der Waals surface area contributed by atoms with Gasteiger partial charge in [0.25, 0.3) is 0 Å². The second-order valence-corrected chi connectivity index (χ2v) is 5.69. The predicted octanol–water partition coefficient (Wildman–Crippen LogP) is 3.82. The molecule has 0 spiro atoms. The molecule has 2 aromatic carbocycles. The minimum Gasteiger partial charge on any atom is -0.349 e. The standard InChI is InChI=1S/C18H16ClN5/c1-2-23(13-14-7-4-3-5-8-14)18-17(12-20)21-24(22-18)16-10-6-9-15(19)11-16/h3-11H,2,13H2,1H3. The Hall–Kier alpha value is -2.84. The lowest BCUT2D eigenvalue weighted by Gasteiger charge is -2.20. The molecule has 0 saturated heterocycles. The topological polar surface area (TPSA) is 57.7 Å². The van der Waals surface area contributed by atoms with E-state index < -0.39 is 0 Å². The Balaban J connectivity index is 1.96. The van der Waals surface area contributed by atoms with Crippen LogP contribution in [-0.2, 0) is 6.54 Å². The summed E-state index contributed by atoms with van der Waals surface area (Å²) in [4.78, 5) is 3.48. The number of nitrogens with zero attached hydrogens (tertiary/aromatic N) is 5. The van der Waals surface area contributed by atoms with E-state index in [1.54, 1.807) is 12.1 Å². The number of halogens is 1. The Morgan fingerprint density at radius 2 is 1.92 bits per heavy atom. The van der Waals surface area contributed by atoms with Crippen LogP contribution in [0.3, 0.4) is 0 Å². The van der Waals surface area contributed by atoms with Gasteiger partial charge in [0.05, 0.1) is 5.69 Å². The quantitative estimate of drug-likeness (QED) is 0.710. The summed E-state index contributed by atoms with van der Waals surface area (Å²) in [6.07, 6.45) is 0. The first kappa shape index (κ1) is 16.0. The van der Waals surface area contributed by atoms with Crippen molar-refractivity contribution in [2.24, 2.45) is 0 Å². The van der Waals surface area contributed by atoms with E-state index in [9.17, 15) is 5.26 Å². The van der Waals surface area contributed by atoms with Crippen LogP contribution >= 0.6 is 11.6 Å². The summed E-state index contributed by atoms with van der Waals surface area (Å²) in [6, 6.07) is 19.4. The number of hydrogen-bond donors (Lipinski definition) is 0. The smallest absolute Gasteiger partial charge is 0.207 e. The van der Waals surface area contributed by atoms with Gasteiger partial charge >= 0.3 is 0 Å². The van der Waals surface area contributed by atoms with E-state index in [2.05, 4.69) is 28.4 Å². The third-order valence-electron chi connectivity index (χ3n) is 3.64. The molecule has 0 fully saturated rings. The van der Waals surface area contributed by atoms with Crippen molar-refractivity contribution in [2.45, 2.75) is 13.5 Å². The highest BCUT2D eigenvalue weighted by atomic mass is 35.5. The normalized spacial score (nSPS) is 10.4. The van der Waals surface area contributed by atoms with Gasteiger partial charge in [-0.15, -0.1) is 15.0 Å². The monoisotopic (exact) mass is 337 g/mol. The van der Waals surface area contributed by atoms with Crippen molar-refractivity contribution in [3.05, 3.63) is 70.9 Å². The molecule has 0 amide bonds. The van der Waals surface area contributed by atoms with E-state index in [0.29, 0.717) is 23.1 Å². The SMILES string of the molecule is CCN(Cc1ccccc1)c1nn(-c2cccc(Cl)c2)nc1C#N. The van der Waals surface area contributed by atoms with Crippen molar-refractivity contribution in [3.63, 3.8) is 0 Å². The predicted molar refractivity (Wildman–Crippen MR) is 94.3 cm³/mol. The number of nitriles is 1. The molecule has 0 unspecified atom stereocenters. The fourth-order valence-electron chi connectivity index (χ4n) is 2.44. The first-order valence-corrected chi connectivity index (χ1v) is 8.01. The van der Waals surface area contributed by atoms with Gasteiger partial charge in [-0.2, -0.15) is 5.26 Å². The maximum Gasteiger partial charge on any atom is 0.207 e. The first-order chi connectivity index (χ1) is 11.7. The lowest BCUT2D eigenvalue weighted by molar-refractivity contribution is 0.733. The molecule has 0 aliphatic heterocycles. The molecule has 5 nitrogen and oxygen atoms in total. The Kier molecular flexibility index (Phi) is 4.78. The van der Waals surface area contributed by atoms with E-state index in [0.717, 1.165) is 17.8 Å². The van der Waals surface area contributed by atoms with Crippen LogP contribution in [0.4, 0.5) is 5.82 Å². The minimum absolute atomic E-state index is 0.299. The fourth-order valence-corrected chi connectivity index (χ4v) is 2.63. The van der Waals surface area contributed by atoms with E-state index in [4.69, 9.17) is 11.6 Å². The van der Waals surface area contributed by atoms with Crippen molar-refractivity contribution in [3.8, 4) is 11.8 Å². The molecular formula is C18H16ClN5. The molecule has 0 N–H and O–H groups in total. The second kappa shape index (κ2) is 7.16. The highest BCUT2D eigenvalue weighted by Gasteiger charge is 2.18. The molecule has 24 heavy (non-hydrogen) atoms. The van der Waals surface area contributed by atoms with Crippen molar-refractivity contribution in [1.82, 2.24) is 15.0 Å². The van der Waals surface area contributed by atoms with Crippen LogP contribution in [0.2, 0.25) is 5.02 Å². The van der Waals surface area contributed by atoms with Gasteiger partial charge in [-0.05, 0) is 30.7 Å². The van der Waals surface area contributed by atoms with Crippen LogP contribution in [0.1, 0.15) is 18.2 Å². The molecule has 6 heteroatoms. The van der Waals surface area contributed by atoms with Crippen molar-refractivity contribution in [1.29, 1.82) is 5.26 Å². The summed E-state index contributed by atoms with van der Waals surface area (Å²) in [5.41, 5.74) is 2.18. The van der Waals surface area contributed by atoms with Crippen LogP contribution in [0, 0.1) is 11.3 Å². The number of hydrogen-bond acceptors (Lipinski definition) is 4. The zero-order chi connectivity index (χ0) is 16.9. The summed E-state index contributed by atoms with van der Waals surface area (Å²) in [6.45, 7) is 3.42. The fraction of sp³-hybridized carbons (Fsp3) is 0.167. The molecule has 1 aromatic heterocycles. The summed E-state index contributed by atoms with van der Waals surface area (Å²) in [7, 11) is 0. The Labute approximate surface area is 145 Å². The first-order valence-electron chi connectivity index (χ1n) is 7.63. The van der Waals surface area contributed by atoms with Crippen LogP contribution in [0.25, 0.3) is 5.69 Å². The molecular weight excluding hydrogens is 322 g/mol. The maximum absolute atomic E-state index is 9.43. The molecule has 0 aliphatic carbocycles. The Morgan fingerprint density at radius 1 is 1.12 bits per heavy atom. The Morgan fingerprint density at radius 3 is 2.58 bits per heavy atom. The summed E-state index contributed by atoms with van der Waals surface area (Å²) in [5.74, 6) is 0.573. The molecule has 0 radical (unpaired) electrons. The number of aromatic nitrogens is 3. The summed E-state index contributed by atoms with van der Waals surface area (Å²) in [5, 5.41) is 18.8. The maximum atomic E-state index is 9.43. The van der Waals surface area contributed by atoms with Gasteiger partial charge in [0.15, 0.2) is 5.82 Å². The van der Waals surface area contributed by atoms with E-state index >= 15 is 0 Å². The molecule has 3 aromatic rings. The van der Waals surface area contributed by atoms with Gasteiger partial charge in [-0.1, -0.05) is 48.0 Å². The van der Waals surface area contributed by atoms with Gasteiger partial charge < -0.3 is 4.90 Å². The van der Waals surface area contributed by atoms with E-state index in [1.807, 2.05) is 42.2 Å². The highest BCUT2D eigenvalue weighted by Crippen LogP contribution is 2.21. The molecule has 0 bridgehead atoms. The van der Waals surface area contributed by atoms with Crippen LogP contribution in [-0.4, -0.2) is 21.5 Å². The minimum atomic E-state index is 0.299. The number of rotatable bonds is 5. The molecule has 3 rings (SSSR count). The van der Waals surface area contributed by atoms with Crippen LogP contribution in [0.5, 0.6) is 0 Å². The average molecular weight is 338 g/mol. The molecule has 1 heterocycles. The summed E-state index contributed by atoms with van der Waals surface area (Å²) < 4.78 is 0. The van der Waals surface area contributed by atoms with E-state index in [1.165, 1.54) is 4.80 Å². The third kappa shape index (κ3) is 3.39. The zero-order valence-corrected chi connectivity index (χ0v) is 14.0. The summed E-state index contributed by atoms with van der Waals surface area (Å²) >= 11 is 6.03. The van der Waals surface area contributed by atoms with Gasteiger partial charge in [0.1, 0.15) is 6.07 Å². The number of benzene rings is 2. The third-order valence-corrected chi connectivity index (χ3v) is 3.87. The lowest BCUT2D eigenvalue weighted by Crippen LogP contribution is -2.23. The number of anilines is 1. The van der Waals surface area contributed by atoms with E-state index in [-0.39, 0.29) is 0 Å². The Bertz CT molecular complexity index is 867. The van der Waals surface area contributed by atoms with Crippen molar-refractivity contribution < 1.29 is 0 Å². The van der Waals surface area contributed by atoms with Gasteiger partial charge in [0, 0.05) is 18.1 Å². The molecule has 0 atom stereocenters. The van der Waals surface area contributed by atoms with Crippen LogP contribution in [0.15, 0.2) is 54.6 Å². The van der Waals surface area contributed by atoms with Crippen LogP contribution < -0.4 is 4.90 Å². The molecule has 0 aliphatic rings. The van der Waals surface area contributed by atoms with Crippen molar-refractivity contribution in [2.75, 3.05) is 11.4 Å². The van der Waals surface area contributed by atoms with Crippen molar-refractivity contribution >= 4 is 17.4 Å². The van der Waals surface area contributed by atoms with Gasteiger partial charge in [-0.3, -0.25) is 0 Å². The zero-order valence-electron chi connectivity index (χ0n) is 13.2. The van der Waals surface area contributed by atoms with Gasteiger partial charge in [-0.25, -0.2) is 0 Å². The highest BCUT2D eigenvalue weighted by molar-refractivity contribution is 6.30. The van der Waals surface area contributed by atoms with Gasteiger partial charge in [0.2, 0.25) is 5.69 Å². The molecule has 120 valence electrons. The largest absolute Gasteiger partial charge is 0.349 e.